The second kappa shape index (κ2) is 10.9. The quantitative estimate of drug-likeness (QED) is 0.241. The number of likely N-dealkylation sites (N-methyl/N-ethyl adjacent to an activating group) is 2. The number of nitrogens with zero attached hydrogens (tertiary/aromatic N) is 2. The van der Waals surface area contributed by atoms with E-state index >= 15 is 0 Å². The number of aromatic hydroxyl groups is 2. The molecule has 14 heteroatoms. The molecular weight excluding hydrogens is 729 g/mol. The zero-order chi connectivity index (χ0) is 37.8. The molecule has 2 unspecified atom stereocenters. The third-order valence-electron chi connectivity index (χ3n) is 14.7. The first-order valence-electron chi connectivity index (χ1n) is 18.5. The van der Waals surface area contributed by atoms with Gasteiger partial charge in [0.15, 0.2) is 45.8 Å². The molecule has 282 valence electrons. The van der Waals surface area contributed by atoms with E-state index in [0.29, 0.717) is 50.3 Å². The number of piperidine rings is 2. The molecule has 4 heterocycles. The van der Waals surface area contributed by atoms with Gasteiger partial charge < -0.3 is 40.1 Å². The molecular formula is C40H42N4O8S2. The Morgan fingerprint density at radius 1 is 0.741 bits per heavy atom. The smallest absolute Gasteiger partial charge is 0.231 e. The van der Waals surface area contributed by atoms with Crippen LogP contribution < -0.4 is 20.1 Å². The van der Waals surface area contributed by atoms with Crippen LogP contribution in [0.2, 0.25) is 0 Å². The van der Waals surface area contributed by atoms with Crippen molar-refractivity contribution >= 4 is 45.0 Å². The van der Waals surface area contributed by atoms with Gasteiger partial charge in [-0.1, -0.05) is 45.9 Å². The Labute approximate surface area is 320 Å². The van der Waals surface area contributed by atoms with Crippen molar-refractivity contribution < 1.29 is 38.9 Å². The van der Waals surface area contributed by atoms with Gasteiger partial charge in [0.2, 0.25) is 11.8 Å². The minimum absolute atomic E-state index is 0.0137. The van der Waals surface area contributed by atoms with Gasteiger partial charge in [-0.15, -0.1) is 0 Å². The molecule has 4 bridgehead atoms. The van der Waals surface area contributed by atoms with Gasteiger partial charge in [-0.05, 0) is 102 Å². The first kappa shape index (κ1) is 34.5. The van der Waals surface area contributed by atoms with E-state index in [2.05, 4.69) is 20.4 Å². The van der Waals surface area contributed by atoms with Crippen molar-refractivity contribution in [2.45, 2.75) is 84.7 Å². The van der Waals surface area contributed by atoms with Crippen LogP contribution in [0.4, 0.5) is 0 Å². The predicted octanol–water partition coefficient (Wildman–Crippen LogP) is 2.47. The van der Waals surface area contributed by atoms with Crippen LogP contribution in [0.1, 0.15) is 48.9 Å². The Hall–Kier alpha value is -3.98. The maximum absolute atomic E-state index is 14.0. The van der Waals surface area contributed by atoms with Crippen molar-refractivity contribution in [3.63, 3.8) is 0 Å². The number of ketones is 2. The molecule has 2 spiro atoms. The second-order valence-electron chi connectivity index (χ2n) is 16.6. The maximum Gasteiger partial charge on any atom is 0.231 e. The van der Waals surface area contributed by atoms with Gasteiger partial charge in [0.1, 0.15) is 0 Å². The Kier molecular flexibility index (Phi) is 6.94. The fourth-order valence-electron chi connectivity index (χ4n) is 12.4. The summed E-state index contributed by atoms with van der Waals surface area (Å²) >= 11 is 0. The van der Waals surface area contributed by atoms with Gasteiger partial charge in [-0.25, -0.2) is 0 Å². The molecule has 0 radical (unpaired) electrons. The highest BCUT2D eigenvalue weighted by Crippen LogP contribution is 2.68. The number of rotatable bonds is 7. The van der Waals surface area contributed by atoms with E-state index in [9.17, 15) is 29.4 Å². The summed E-state index contributed by atoms with van der Waals surface area (Å²) in [6.45, 7) is 4.96. The number of hydrogen-bond acceptors (Lipinski definition) is 12. The van der Waals surface area contributed by atoms with Crippen LogP contribution in [-0.2, 0) is 42.8 Å². The molecule has 0 saturated carbocycles. The van der Waals surface area contributed by atoms with Crippen LogP contribution in [0.15, 0.2) is 48.6 Å². The summed E-state index contributed by atoms with van der Waals surface area (Å²) in [6, 6.07) is 6.74. The van der Waals surface area contributed by atoms with E-state index in [0.717, 1.165) is 22.3 Å². The van der Waals surface area contributed by atoms with Gasteiger partial charge in [-0.2, -0.15) is 0 Å². The third-order valence-corrected chi connectivity index (χ3v) is 16.8. The monoisotopic (exact) mass is 770 g/mol. The summed E-state index contributed by atoms with van der Waals surface area (Å²) in [4.78, 5) is 59.8. The molecule has 4 aliphatic heterocycles. The number of phenols is 2. The minimum atomic E-state index is -1.31. The lowest BCUT2D eigenvalue weighted by Gasteiger charge is -2.65. The van der Waals surface area contributed by atoms with E-state index in [1.54, 1.807) is 26.0 Å². The normalized spacial score (nSPS) is 38.7. The van der Waals surface area contributed by atoms with E-state index in [1.165, 1.54) is 33.7 Å². The molecule has 2 fully saturated rings. The molecule has 2 aromatic carbocycles. The van der Waals surface area contributed by atoms with Gasteiger partial charge >= 0.3 is 0 Å². The number of amides is 2. The number of carbonyl (C=O) groups excluding carboxylic acids is 4. The lowest BCUT2D eigenvalue weighted by atomic mass is 9.45. The zero-order valence-electron chi connectivity index (χ0n) is 30.5. The largest absolute Gasteiger partial charge is 0.504 e. The van der Waals surface area contributed by atoms with Crippen LogP contribution in [0, 0.1) is 0 Å². The number of nitrogens with one attached hydrogen (secondary N) is 2. The zero-order valence-corrected chi connectivity index (χ0v) is 32.1. The number of hydrogen-bond donors (Lipinski definition) is 4. The average molecular weight is 771 g/mol. The fourth-order valence-corrected chi connectivity index (χ4v) is 14.0. The summed E-state index contributed by atoms with van der Waals surface area (Å²) in [5.41, 5.74) is -2.73. The van der Waals surface area contributed by atoms with Gasteiger partial charge in [0.05, 0.1) is 33.4 Å². The molecule has 54 heavy (non-hydrogen) atoms. The van der Waals surface area contributed by atoms with Crippen LogP contribution >= 0.6 is 21.6 Å². The molecule has 4 aliphatic carbocycles. The van der Waals surface area contributed by atoms with Crippen molar-refractivity contribution in [1.29, 1.82) is 0 Å². The highest BCUT2D eigenvalue weighted by atomic mass is 33.1. The molecule has 2 aromatic rings. The van der Waals surface area contributed by atoms with Crippen molar-refractivity contribution in [3.8, 4) is 23.0 Å². The molecule has 2 saturated heterocycles. The molecule has 8 aliphatic rings. The van der Waals surface area contributed by atoms with Gasteiger partial charge in [0.25, 0.3) is 0 Å². The van der Waals surface area contributed by atoms with E-state index in [-0.39, 0.29) is 58.5 Å². The lowest BCUT2D eigenvalue weighted by molar-refractivity contribution is -0.147. The minimum Gasteiger partial charge on any atom is -0.504 e. The van der Waals surface area contributed by atoms with Crippen LogP contribution in [0.5, 0.6) is 23.0 Å². The van der Waals surface area contributed by atoms with Gasteiger partial charge in [-0.3, -0.25) is 19.2 Å². The lowest BCUT2D eigenvalue weighted by Crippen LogP contribution is -2.83. The Morgan fingerprint density at radius 2 is 1.15 bits per heavy atom. The number of benzene rings is 2. The highest BCUT2D eigenvalue weighted by molar-refractivity contribution is 8.77. The summed E-state index contributed by atoms with van der Waals surface area (Å²) in [6.07, 6.45) is 9.08. The summed E-state index contributed by atoms with van der Waals surface area (Å²) < 4.78 is 12.9. The topological polar surface area (TPSA) is 158 Å². The first-order valence-corrected chi connectivity index (χ1v) is 21.0. The number of ether oxygens (including phenoxy) is 2. The predicted molar refractivity (Wildman–Crippen MR) is 202 cm³/mol. The van der Waals surface area contributed by atoms with Crippen LogP contribution in [0.25, 0.3) is 0 Å². The third kappa shape index (κ3) is 3.72. The average Bonchev–Trinajstić information content (AvgIpc) is 3.59. The Morgan fingerprint density at radius 3 is 1.56 bits per heavy atom. The second-order valence-corrected chi connectivity index (χ2v) is 19.1. The molecule has 0 aromatic heterocycles. The van der Waals surface area contributed by atoms with E-state index in [1.807, 2.05) is 38.4 Å². The molecule has 10 rings (SSSR count). The molecule has 2 amide bonds. The molecule has 8 atom stereocenters. The Bertz CT molecular complexity index is 2040. The number of phenolic OH excluding ortho intramolecular Hbond substituents is 2. The standard InChI is InChI=1S/C40H42N4O8S2/c1-35-27(47)9-11-39(25-17-21-5-7-23(45)33(51-35)31(21)37(35,39)13-15-43(25)3)41-29(49)19-53-54-20-30(50)42-40-12-10-28(48)36(2)38(40)14-16-44(4)26(40)18-22-6-8-24(46)34(52-36)32(22)38/h5-12,25-26,45-46H,13-20H2,1-4H3,(H,41,49)(H,42,50)/t25?,26?,35-,36-,37-,38-,39+,40+/m0/s1. The van der Waals surface area contributed by atoms with Gasteiger partial charge in [0, 0.05) is 23.2 Å². The number of likely N-dealkylation sites (tertiary alicyclic amines) is 2. The van der Waals surface area contributed by atoms with Crippen molar-refractivity contribution in [3.05, 3.63) is 70.8 Å². The Balaban J connectivity index is 0.892. The summed E-state index contributed by atoms with van der Waals surface area (Å²) in [7, 11) is 6.63. The summed E-state index contributed by atoms with van der Waals surface area (Å²) in [5, 5.41) is 28.6. The van der Waals surface area contributed by atoms with Crippen molar-refractivity contribution in [1.82, 2.24) is 20.4 Å². The van der Waals surface area contributed by atoms with Crippen molar-refractivity contribution in [2.75, 3.05) is 38.7 Å². The highest BCUT2D eigenvalue weighted by Gasteiger charge is 2.78. The molecule has 12 nitrogen and oxygen atoms in total. The molecule has 4 N–H and O–H groups in total. The van der Waals surface area contributed by atoms with Crippen LogP contribution in [0.3, 0.4) is 0 Å². The van der Waals surface area contributed by atoms with Crippen molar-refractivity contribution in [2.24, 2.45) is 0 Å². The summed E-state index contributed by atoms with van der Waals surface area (Å²) in [5.74, 6) is -0.108. The maximum atomic E-state index is 14.0. The number of carbonyl (C=O) groups is 4. The SMILES string of the molecule is CN1CC[C@]23c4c5ccc(O)c4O[C@@]2(C)C(=O)C=C[C@@]3(NC(=O)CSSCC(=O)N[C@@]23C=CC(=O)[C@]4(C)Oc6c(O)ccc7c6[C@@]42CCN(C)C3C7)C1C5. The van der Waals surface area contributed by atoms with Crippen LogP contribution in [-0.4, -0.2) is 116 Å². The first-order chi connectivity index (χ1) is 25.7. The fraction of sp³-hybridized carbons (Fsp3) is 0.500. The van der Waals surface area contributed by atoms with E-state index < -0.39 is 33.1 Å². The van der Waals surface area contributed by atoms with E-state index in [4.69, 9.17) is 9.47 Å².